The predicted octanol–water partition coefficient (Wildman–Crippen LogP) is 3.32. The van der Waals surface area contributed by atoms with Gasteiger partial charge >= 0.3 is 0 Å². The van der Waals surface area contributed by atoms with E-state index < -0.39 is 0 Å². The Hall–Kier alpha value is -1.37. The Balaban J connectivity index is 1.72. The topological polar surface area (TPSA) is 17.1 Å². The van der Waals surface area contributed by atoms with Gasteiger partial charge in [0.1, 0.15) is 5.78 Å². The highest BCUT2D eigenvalue weighted by molar-refractivity contribution is 5.85. The highest BCUT2D eigenvalue weighted by Gasteiger charge is 2.44. The minimum absolute atomic E-state index is 0.338. The van der Waals surface area contributed by atoms with E-state index in [4.69, 9.17) is 0 Å². The molecule has 1 nitrogen and oxygen atoms in total. The Labute approximate surface area is 96.2 Å². The van der Waals surface area contributed by atoms with Crippen molar-refractivity contribution in [1.82, 2.24) is 0 Å². The molecule has 16 heavy (non-hydrogen) atoms. The van der Waals surface area contributed by atoms with Crippen LogP contribution in [0.1, 0.15) is 24.8 Å². The van der Waals surface area contributed by atoms with Gasteiger partial charge in [-0.1, -0.05) is 42.5 Å². The Morgan fingerprint density at radius 3 is 2.62 bits per heavy atom. The van der Waals surface area contributed by atoms with Crippen LogP contribution in [-0.2, 0) is 4.79 Å². The van der Waals surface area contributed by atoms with Gasteiger partial charge in [-0.25, -0.2) is 0 Å². The normalized spacial score (nSPS) is 32.8. The maximum Gasteiger partial charge on any atom is 0.136 e. The van der Waals surface area contributed by atoms with Crippen molar-refractivity contribution >= 4 is 11.9 Å². The van der Waals surface area contributed by atoms with Crippen LogP contribution in [0.4, 0.5) is 0 Å². The van der Waals surface area contributed by atoms with Crippen LogP contribution in [0.3, 0.4) is 0 Å². The van der Waals surface area contributed by atoms with Crippen molar-refractivity contribution in [3.05, 3.63) is 42.0 Å². The Morgan fingerprint density at radius 2 is 1.94 bits per heavy atom. The molecule has 0 heterocycles. The van der Waals surface area contributed by atoms with Crippen molar-refractivity contribution in [3.63, 3.8) is 0 Å². The molecule has 3 atom stereocenters. The number of carbonyl (C=O) groups excluding carboxylic acids is 1. The molecule has 2 aliphatic rings. The van der Waals surface area contributed by atoms with Crippen molar-refractivity contribution in [3.8, 4) is 0 Å². The zero-order valence-corrected chi connectivity index (χ0v) is 9.30. The molecule has 0 aliphatic heterocycles. The van der Waals surface area contributed by atoms with Crippen LogP contribution in [0.5, 0.6) is 0 Å². The van der Waals surface area contributed by atoms with E-state index >= 15 is 0 Å². The number of ketones is 1. The number of allylic oxidation sites excluding steroid dienone is 1. The van der Waals surface area contributed by atoms with Crippen LogP contribution >= 0.6 is 0 Å². The molecule has 1 heteroatoms. The van der Waals surface area contributed by atoms with E-state index in [-0.39, 0.29) is 0 Å². The van der Waals surface area contributed by atoms with Crippen LogP contribution in [-0.4, -0.2) is 5.78 Å². The molecule has 2 bridgehead atoms. The lowest BCUT2D eigenvalue weighted by Crippen LogP contribution is -2.17. The number of hydrogen-bond acceptors (Lipinski definition) is 1. The van der Waals surface area contributed by atoms with Gasteiger partial charge in [0.15, 0.2) is 0 Å². The summed E-state index contributed by atoms with van der Waals surface area (Å²) in [5.41, 5.74) is 1.23. The average molecular weight is 212 g/mol. The smallest absolute Gasteiger partial charge is 0.136 e. The highest BCUT2D eigenvalue weighted by Crippen LogP contribution is 2.46. The lowest BCUT2D eigenvalue weighted by molar-refractivity contribution is -0.122. The van der Waals surface area contributed by atoms with Gasteiger partial charge < -0.3 is 0 Å². The SMILES string of the molecule is O=C1C[C@H]2C[C@H](/C=C\c3ccccc3)[C@H]1C2. The maximum absolute atomic E-state index is 11.6. The molecular weight excluding hydrogens is 196 g/mol. The van der Waals surface area contributed by atoms with E-state index in [0.29, 0.717) is 23.5 Å². The number of benzene rings is 1. The fourth-order valence-corrected chi connectivity index (χ4v) is 3.16. The summed E-state index contributed by atoms with van der Waals surface area (Å²) in [6, 6.07) is 10.3. The number of fused-ring (bicyclic) bond motifs is 2. The fourth-order valence-electron chi connectivity index (χ4n) is 3.16. The molecule has 0 spiro atoms. The van der Waals surface area contributed by atoms with Gasteiger partial charge in [-0.3, -0.25) is 4.79 Å². The van der Waals surface area contributed by atoms with Crippen molar-refractivity contribution in [2.45, 2.75) is 19.3 Å². The van der Waals surface area contributed by atoms with Crippen LogP contribution in [0.2, 0.25) is 0 Å². The molecule has 82 valence electrons. The number of hydrogen-bond donors (Lipinski definition) is 0. The maximum atomic E-state index is 11.6. The van der Waals surface area contributed by atoms with Gasteiger partial charge in [0.05, 0.1) is 0 Å². The van der Waals surface area contributed by atoms with Crippen LogP contribution in [0, 0.1) is 17.8 Å². The van der Waals surface area contributed by atoms with Crippen LogP contribution in [0.25, 0.3) is 6.08 Å². The van der Waals surface area contributed by atoms with E-state index in [1.807, 2.05) is 18.2 Å². The Bertz CT molecular complexity index is 418. The van der Waals surface area contributed by atoms with Gasteiger partial charge in [-0.2, -0.15) is 0 Å². The van der Waals surface area contributed by atoms with Crippen molar-refractivity contribution in [2.24, 2.45) is 17.8 Å². The molecule has 0 aromatic heterocycles. The molecule has 2 saturated carbocycles. The van der Waals surface area contributed by atoms with Crippen molar-refractivity contribution in [2.75, 3.05) is 0 Å². The van der Waals surface area contributed by atoms with Crippen molar-refractivity contribution < 1.29 is 4.79 Å². The predicted molar refractivity (Wildman–Crippen MR) is 64.8 cm³/mol. The summed E-state index contributed by atoms with van der Waals surface area (Å²) in [5, 5.41) is 0. The fraction of sp³-hybridized carbons (Fsp3) is 0.400. The van der Waals surface area contributed by atoms with E-state index in [0.717, 1.165) is 12.8 Å². The minimum Gasteiger partial charge on any atom is -0.299 e. The zero-order valence-electron chi connectivity index (χ0n) is 9.30. The first kappa shape index (κ1) is 9.83. The van der Waals surface area contributed by atoms with Crippen molar-refractivity contribution in [1.29, 1.82) is 0 Å². The second kappa shape index (κ2) is 3.89. The largest absolute Gasteiger partial charge is 0.299 e. The van der Waals surface area contributed by atoms with E-state index in [1.54, 1.807) is 0 Å². The Kier molecular flexibility index (Phi) is 2.39. The van der Waals surface area contributed by atoms with Gasteiger partial charge in [0.25, 0.3) is 0 Å². The second-order valence-corrected chi connectivity index (χ2v) is 5.05. The third-order valence-electron chi connectivity index (χ3n) is 3.95. The summed E-state index contributed by atoms with van der Waals surface area (Å²) in [4.78, 5) is 11.6. The molecule has 0 amide bonds. The summed E-state index contributed by atoms with van der Waals surface area (Å²) in [6.07, 6.45) is 7.62. The molecule has 3 rings (SSSR count). The van der Waals surface area contributed by atoms with Crippen LogP contribution in [0.15, 0.2) is 36.4 Å². The summed E-state index contributed by atoms with van der Waals surface area (Å²) in [7, 11) is 0. The molecule has 0 unspecified atom stereocenters. The molecule has 0 radical (unpaired) electrons. The first-order chi connectivity index (χ1) is 7.83. The number of Topliss-reactive ketones (excluding diaryl/α,β-unsaturated/α-hetero) is 1. The third-order valence-corrected chi connectivity index (χ3v) is 3.95. The Morgan fingerprint density at radius 1 is 1.12 bits per heavy atom. The molecule has 2 fully saturated rings. The monoisotopic (exact) mass is 212 g/mol. The molecular formula is C15H16O. The van der Waals surface area contributed by atoms with Gasteiger partial charge in [-0.15, -0.1) is 0 Å². The lowest BCUT2D eigenvalue weighted by Gasteiger charge is -2.16. The number of rotatable bonds is 2. The molecule has 2 aliphatic carbocycles. The molecule has 0 N–H and O–H groups in total. The first-order valence-electron chi connectivity index (χ1n) is 6.09. The number of carbonyl (C=O) groups is 1. The summed E-state index contributed by atoms with van der Waals surface area (Å²) < 4.78 is 0. The van der Waals surface area contributed by atoms with E-state index in [1.165, 1.54) is 12.0 Å². The van der Waals surface area contributed by atoms with Crippen LogP contribution < -0.4 is 0 Å². The standard InChI is InChI=1S/C15H16O/c16-15-10-12-8-13(14(15)9-12)7-6-11-4-2-1-3-5-11/h1-7,12-14H,8-10H2/b7-6-/t12-,13-,14+/m0/s1. The van der Waals surface area contributed by atoms with Gasteiger partial charge in [-0.05, 0) is 30.2 Å². The van der Waals surface area contributed by atoms with E-state index in [9.17, 15) is 4.79 Å². The van der Waals surface area contributed by atoms with Gasteiger partial charge in [0.2, 0.25) is 0 Å². The van der Waals surface area contributed by atoms with E-state index in [2.05, 4.69) is 24.3 Å². The minimum atomic E-state index is 0.338. The zero-order chi connectivity index (χ0) is 11.0. The quantitative estimate of drug-likeness (QED) is 0.735. The summed E-state index contributed by atoms with van der Waals surface area (Å²) in [5.74, 6) is 2.03. The average Bonchev–Trinajstić information content (AvgIpc) is 2.86. The summed E-state index contributed by atoms with van der Waals surface area (Å²) in [6.45, 7) is 0. The highest BCUT2D eigenvalue weighted by atomic mass is 16.1. The van der Waals surface area contributed by atoms with Gasteiger partial charge in [0, 0.05) is 12.3 Å². The second-order valence-electron chi connectivity index (χ2n) is 5.05. The first-order valence-corrected chi connectivity index (χ1v) is 6.09. The third kappa shape index (κ3) is 1.71. The molecule has 0 saturated heterocycles. The molecule has 1 aromatic carbocycles. The molecule has 1 aromatic rings. The summed E-state index contributed by atoms with van der Waals surface area (Å²) >= 11 is 0. The lowest BCUT2D eigenvalue weighted by atomic mass is 9.87.